The van der Waals surface area contributed by atoms with Gasteiger partial charge in [0, 0.05) is 16.4 Å². The Kier molecular flexibility index (Phi) is 4.40. The molecule has 1 heterocycles. The van der Waals surface area contributed by atoms with Crippen molar-refractivity contribution in [2.75, 3.05) is 11.5 Å². The van der Waals surface area contributed by atoms with Gasteiger partial charge in [0.15, 0.2) is 0 Å². The van der Waals surface area contributed by atoms with Crippen LogP contribution in [-0.2, 0) is 0 Å². The van der Waals surface area contributed by atoms with Crippen molar-refractivity contribution in [2.24, 2.45) is 0 Å². The molecule has 0 saturated carbocycles. The zero-order valence-electron chi connectivity index (χ0n) is 14.1. The van der Waals surface area contributed by atoms with E-state index >= 15 is 0 Å². The number of aromatic nitrogens is 2. The number of nitrogens with two attached hydrogens (primary N) is 2. The van der Waals surface area contributed by atoms with Crippen LogP contribution in [0.1, 0.15) is 0 Å². The van der Waals surface area contributed by atoms with E-state index < -0.39 is 0 Å². The minimum absolute atomic E-state index is 0.214. The number of anilines is 2. The molecule has 4 rings (SSSR count). The first-order valence-corrected chi connectivity index (χ1v) is 8.49. The summed E-state index contributed by atoms with van der Waals surface area (Å²) in [6, 6.07) is 19.2. The number of rotatable bonds is 4. The van der Waals surface area contributed by atoms with Gasteiger partial charge in [0.25, 0.3) is 11.8 Å². The Hall–Kier alpha value is -3.51. The predicted molar refractivity (Wildman–Crippen MR) is 106 cm³/mol. The van der Waals surface area contributed by atoms with Gasteiger partial charge in [-0.15, -0.1) is 0 Å². The van der Waals surface area contributed by atoms with Gasteiger partial charge in [0.05, 0.1) is 11.0 Å². The molecule has 0 amide bonds. The first kappa shape index (κ1) is 16.9. The van der Waals surface area contributed by atoms with E-state index in [2.05, 4.69) is 9.97 Å². The molecule has 0 unspecified atom stereocenters. The van der Waals surface area contributed by atoms with Crippen molar-refractivity contribution in [3.8, 4) is 23.3 Å². The maximum absolute atomic E-state index is 6.07. The molecular formula is C20H15ClN4O2. The molecule has 0 saturated heterocycles. The van der Waals surface area contributed by atoms with Crippen LogP contribution in [0.15, 0.2) is 66.7 Å². The summed E-state index contributed by atoms with van der Waals surface area (Å²) in [4.78, 5) is 9.04. The molecule has 0 bridgehead atoms. The maximum atomic E-state index is 6.07. The van der Waals surface area contributed by atoms with Crippen LogP contribution in [0.3, 0.4) is 0 Å². The van der Waals surface area contributed by atoms with Crippen LogP contribution in [-0.4, -0.2) is 9.97 Å². The molecule has 4 aromatic rings. The third-order valence-corrected chi connectivity index (χ3v) is 3.99. The summed E-state index contributed by atoms with van der Waals surface area (Å²) in [6.07, 6.45) is 0. The van der Waals surface area contributed by atoms with Crippen molar-refractivity contribution in [2.45, 2.75) is 0 Å². The number of ether oxygens (including phenoxy) is 2. The zero-order chi connectivity index (χ0) is 18.8. The number of fused-ring (bicyclic) bond motifs is 1. The Morgan fingerprint density at radius 3 is 1.63 bits per heavy atom. The molecule has 4 N–H and O–H groups in total. The van der Waals surface area contributed by atoms with Crippen LogP contribution in [0.5, 0.6) is 23.3 Å². The average Bonchev–Trinajstić information content (AvgIpc) is 2.66. The zero-order valence-corrected chi connectivity index (χ0v) is 14.9. The molecule has 0 aliphatic carbocycles. The molecule has 1 aromatic heterocycles. The van der Waals surface area contributed by atoms with E-state index in [1.165, 1.54) is 0 Å². The maximum Gasteiger partial charge on any atom is 0.284 e. The number of halogens is 1. The molecule has 0 fully saturated rings. The summed E-state index contributed by atoms with van der Waals surface area (Å²) in [6.45, 7) is 0. The van der Waals surface area contributed by atoms with Gasteiger partial charge in [-0.3, -0.25) is 0 Å². The molecule has 134 valence electrons. The van der Waals surface area contributed by atoms with Crippen molar-refractivity contribution in [3.63, 3.8) is 0 Å². The molecule has 0 atom stereocenters. The van der Waals surface area contributed by atoms with Crippen molar-refractivity contribution in [3.05, 3.63) is 71.8 Å². The molecule has 0 aliphatic heterocycles. The Morgan fingerprint density at radius 2 is 1.11 bits per heavy atom. The number of nitrogens with zero attached hydrogens (tertiary/aromatic N) is 2. The van der Waals surface area contributed by atoms with E-state index in [-0.39, 0.29) is 11.8 Å². The first-order chi connectivity index (χ1) is 13.1. The topological polar surface area (TPSA) is 96.3 Å². The van der Waals surface area contributed by atoms with Crippen molar-refractivity contribution >= 4 is 34.0 Å². The van der Waals surface area contributed by atoms with Crippen LogP contribution >= 0.6 is 11.6 Å². The Balaban J connectivity index is 1.77. The minimum Gasteiger partial charge on any atom is -0.435 e. The highest BCUT2D eigenvalue weighted by Crippen LogP contribution is 2.34. The van der Waals surface area contributed by atoms with E-state index in [0.717, 1.165) is 0 Å². The third kappa shape index (κ3) is 3.86. The highest BCUT2D eigenvalue weighted by molar-refractivity contribution is 6.31. The molecule has 0 aliphatic rings. The fraction of sp³-hybridized carbons (Fsp3) is 0. The van der Waals surface area contributed by atoms with E-state index in [1.807, 2.05) is 0 Å². The Labute approximate surface area is 160 Å². The second-order valence-electron chi connectivity index (χ2n) is 5.81. The SMILES string of the molecule is Nc1ccc(Oc2nc3ccc(Cl)cc3nc2Oc2ccc(N)cc2)cc1. The lowest BCUT2D eigenvalue weighted by atomic mass is 10.3. The number of hydrogen-bond donors (Lipinski definition) is 2. The van der Waals surface area contributed by atoms with Gasteiger partial charge in [0.1, 0.15) is 11.5 Å². The van der Waals surface area contributed by atoms with Gasteiger partial charge in [-0.25, -0.2) is 9.97 Å². The van der Waals surface area contributed by atoms with Gasteiger partial charge in [-0.05, 0) is 66.7 Å². The smallest absolute Gasteiger partial charge is 0.284 e. The fourth-order valence-electron chi connectivity index (χ4n) is 2.42. The van der Waals surface area contributed by atoms with Crippen LogP contribution in [0.25, 0.3) is 11.0 Å². The van der Waals surface area contributed by atoms with Gasteiger partial charge in [-0.1, -0.05) is 11.6 Å². The van der Waals surface area contributed by atoms with E-state index in [0.29, 0.717) is 38.9 Å². The van der Waals surface area contributed by atoms with Gasteiger partial charge in [-0.2, -0.15) is 0 Å². The summed E-state index contributed by atoms with van der Waals surface area (Å²) < 4.78 is 11.8. The number of hydrogen-bond acceptors (Lipinski definition) is 6. The van der Waals surface area contributed by atoms with Crippen LogP contribution in [0.2, 0.25) is 5.02 Å². The summed E-state index contributed by atoms with van der Waals surface area (Å²) in [5.74, 6) is 1.56. The third-order valence-electron chi connectivity index (χ3n) is 3.75. The summed E-state index contributed by atoms with van der Waals surface area (Å²) in [5, 5.41) is 0.558. The summed E-state index contributed by atoms with van der Waals surface area (Å²) >= 11 is 6.07. The van der Waals surface area contributed by atoms with Gasteiger partial charge >= 0.3 is 0 Å². The van der Waals surface area contributed by atoms with Crippen LogP contribution < -0.4 is 20.9 Å². The average molecular weight is 379 g/mol. The van der Waals surface area contributed by atoms with E-state index in [4.69, 9.17) is 32.5 Å². The second kappa shape index (κ2) is 7.01. The molecular weight excluding hydrogens is 364 g/mol. The molecule has 7 heteroatoms. The Morgan fingerprint density at radius 1 is 0.630 bits per heavy atom. The normalized spacial score (nSPS) is 10.7. The highest BCUT2D eigenvalue weighted by atomic mass is 35.5. The lowest BCUT2D eigenvalue weighted by Gasteiger charge is -2.12. The minimum atomic E-state index is 0.214. The lowest BCUT2D eigenvalue weighted by molar-refractivity contribution is 0.395. The van der Waals surface area contributed by atoms with Crippen molar-refractivity contribution < 1.29 is 9.47 Å². The van der Waals surface area contributed by atoms with Crippen molar-refractivity contribution in [1.82, 2.24) is 9.97 Å². The largest absolute Gasteiger partial charge is 0.435 e. The van der Waals surface area contributed by atoms with Gasteiger partial charge in [0.2, 0.25) is 0 Å². The van der Waals surface area contributed by atoms with Crippen LogP contribution in [0, 0.1) is 0 Å². The molecule has 27 heavy (non-hydrogen) atoms. The van der Waals surface area contributed by atoms with E-state index in [9.17, 15) is 0 Å². The summed E-state index contributed by atoms with van der Waals surface area (Å²) in [7, 11) is 0. The quantitative estimate of drug-likeness (QED) is 0.483. The Bertz CT molecular complexity index is 1100. The van der Waals surface area contributed by atoms with Gasteiger partial charge < -0.3 is 20.9 Å². The van der Waals surface area contributed by atoms with Crippen molar-refractivity contribution in [1.29, 1.82) is 0 Å². The monoisotopic (exact) mass is 378 g/mol. The van der Waals surface area contributed by atoms with Crippen LogP contribution in [0.4, 0.5) is 11.4 Å². The van der Waals surface area contributed by atoms with E-state index in [1.54, 1.807) is 66.7 Å². The predicted octanol–water partition coefficient (Wildman–Crippen LogP) is 5.03. The summed E-state index contributed by atoms with van der Waals surface area (Å²) in [5.41, 5.74) is 13.9. The second-order valence-corrected chi connectivity index (χ2v) is 6.25. The first-order valence-electron chi connectivity index (χ1n) is 8.11. The number of benzene rings is 3. The standard InChI is InChI=1S/C20H15ClN4O2/c21-12-1-10-17-18(11-12)25-20(27-16-8-4-14(23)5-9-16)19(24-17)26-15-6-2-13(22)3-7-15/h1-11H,22-23H2. The molecule has 0 radical (unpaired) electrons. The molecule has 6 nitrogen and oxygen atoms in total. The molecule has 0 spiro atoms. The highest BCUT2D eigenvalue weighted by Gasteiger charge is 2.14. The number of nitrogen functional groups attached to an aromatic ring is 2. The lowest BCUT2D eigenvalue weighted by Crippen LogP contribution is -1.98. The molecule has 3 aromatic carbocycles. The fourth-order valence-corrected chi connectivity index (χ4v) is 2.59.